The van der Waals surface area contributed by atoms with Crippen molar-refractivity contribution in [2.45, 2.75) is 10.9 Å². The minimum Gasteiger partial charge on any atom is -0.497 e. The molecule has 112 valence electrons. The molecule has 0 fully saturated rings. The van der Waals surface area contributed by atoms with E-state index in [0.717, 1.165) is 11.3 Å². The summed E-state index contributed by atoms with van der Waals surface area (Å²) in [5.74, 6) is 0.763. The van der Waals surface area contributed by atoms with Crippen LogP contribution in [-0.2, 0) is 9.84 Å². The summed E-state index contributed by atoms with van der Waals surface area (Å²) < 4.78 is 30.0. The predicted molar refractivity (Wildman–Crippen MR) is 83.3 cm³/mol. The predicted octanol–water partition coefficient (Wildman–Crippen LogP) is 2.43. The van der Waals surface area contributed by atoms with Crippen LogP contribution in [0, 0.1) is 0 Å². The SMILES string of the molecule is CNC(CS(=O)(=O)c1ccccc1)c1ccc(OC)cc1. The summed E-state index contributed by atoms with van der Waals surface area (Å²) in [6.07, 6.45) is 0. The molecule has 1 atom stereocenters. The molecule has 0 aromatic heterocycles. The molecule has 21 heavy (non-hydrogen) atoms. The van der Waals surface area contributed by atoms with Gasteiger partial charge >= 0.3 is 0 Å². The number of ether oxygens (including phenoxy) is 1. The van der Waals surface area contributed by atoms with E-state index in [2.05, 4.69) is 5.32 Å². The maximum atomic E-state index is 12.4. The van der Waals surface area contributed by atoms with Crippen molar-refractivity contribution in [2.24, 2.45) is 0 Å². The van der Waals surface area contributed by atoms with Crippen LogP contribution in [0.1, 0.15) is 11.6 Å². The number of benzene rings is 2. The molecular weight excluding hydrogens is 286 g/mol. The van der Waals surface area contributed by atoms with Gasteiger partial charge in [-0.25, -0.2) is 8.42 Å². The molecule has 0 spiro atoms. The fraction of sp³-hybridized carbons (Fsp3) is 0.250. The molecule has 0 saturated carbocycles. The highest BCUT2D eigenvalue weighted by Gasteiger charge is 2.21. The molecule has 0 aliphatic heterocycles. The van der Waals surface area contributed by atoms with Gasteiger partial charge in [0.05, 0.1) is 17.8 Å². The highest BCUT2D eigenvalue weighted by Crippen LogP contribution is 2.21. The van der Waals surface area contributed by atoms with E-state index in [4.69, 9.17) is 4.74 Å². The van der Waals surface area contributed by atoms with Gasteiger partial charge in [-0.3, -0.25) is 0 Å². The average molecular weight is 305 g/mol. The zero-order chi connectivity index (χ0) is 15.3. The lowest BCUT2D eigenvalue weighted by molar-refractivity contribution is 0.414. The largest absolute Gasteiger partial charge is 0.497 e. The summed E-state index contributed by atoms with van der Waals surface area (Å²) in [4.78, 5) is 0.346. The van der Waals surface area contributed by atoms with Gasteiger partial charge in [-0.2, -0.15) is 0 Å². The molecule has 0 amide bonds. The van der Waals surface area contributed by atoms with Crippen LogP contribution < -0.4 is 10.1 Å². The van der Waals surface area contributed by atoms with Crippen LogP contribution in [0.5, 0.6) is 5.75 Å². The third kappa shape index (κ3) is 3.83. The lowest BCUT2D eigenvalue weighted by Crippen LogP contribution is -2.25. The summed E-state index contributed by atoms with van der Waals surface area (Å²) >= 11 is 0. The third-order valence-corrected chi connectivity index (χ3v) is 5.12. The Bertz CT molecular complexity index is 666. The molecule has 2 aromatic rings. The van der Waals surface area contributed by atoms with Gasteiger partial charge in [-0.05, 0) is 36.9 Å². The van der Waals surface area contributed by atoms with E-state index in [1.165, 1.54) is 0 Å². The molecular formula is C16H19NO3S. The van der Waals surface area contributed by atoms with Gasteiger partial charge in [0.15, 0.2) is 9.84 Å². The van der Waals surface area contributed by atoms with Crippen LogP contribution >= 0.6 is 0 Å². The Morgan fingerprint density at radius 3 is 2.19 bits per heavy atom. The Morgan fingerprint density at radius 1 is 1.05 bits per heavy atom. The van der Waals surface area contributed by atoms with Crippen molar-refractivity contribution >= 4 is 9.84 Å². The quantitative estimate of drug-likeness (QED) is 0.890. The number of nitrogens with one attached hydrogen (secondary N) is 1. The molecule has 0 aliphatic carbocycles. The number of hydrogen-bond donors (Lipinski definition) is 1. The molecule has 1 unspecified atom stereocenters. The molecule has 4 nitrogen and oxygen atoms in total. The normalized spacial score (nSPS) is 12.9. The first-order valence-corrected chi connectivity index (χ1v) is 8.31. The van der Waals surface area contributed by atoms with Crippen molar-refractivity contribution in [3.8, 4) is 5.75 Å². The van der Waals surface area contributed by atoms with E-state index < -0.39 is 9.84 Å². The second-order valence-electron chi connectivity index (χ2n) is 4.71. The summed E-state index contributed by atoms with van der Waals surface area (Å²) in [5.41, 5.74) is 0.915. The van der Waals surface area contributed by atoms with Crippen LogP contribution in [0.15, 0.2) is 59.5 Å². The highest BCUT2D eigenvalue weighted by molar-refractivity contribution is 7.91. The van der Waals surface area contributed by atoms with E-state index in [1.807, 2.05) is 24.3 Å². The van der Waals surface area contributed by atoms with Gasteiger partial charge in [-0.15, -0.1) is 0 Å². The van der Waals surface area contributed by atoms with Crippen molar-refractivity contribution < 1.29 is 13.2 Å². The topological polar surface area (TPSA) is 55.4 Å². The molecule has 1 N–H and O–H groups in total. The Labute approximate surface area is 125 Å². The van der Waals surface area contributed by atoms with Crippen LogP contribution in [0.3, 0.4) is 0 Å². The molecule has 2 rings (SSSR count). The number of hydrogen-bond acceptors (Lipinski definition) is 4. The number of methoxy groups -OCH3 is 1. The second-order valence-corrected chi connectivity index (χ2v) is 6.74. The maximum absolute atomic E-state index is 12.4. The van der Waals surface area contributed by atoms with Crippen molar-refractivity contribution in [3.63, 3.8) is 0 Å². The lowest BCUT2D eigenvalue weighted by atomic mass is 10.1. The van der Waals surface area contributed by atoms with Gasteiger partial charge in [0.25, 0.3) is 0 Å². The van der Waals surface area contributed by atoms with E-state index >= 15 is 0 Å². The summed E-state index contributed by atoms with van der Waals surface area (Å²) in [5, 5.41) is 3.06. The van der Waals surface area contributed by atoms with Gasteiger partial charge in [0.1, 0.15) is 5.75 Å². The molecule has 0 heterocycles. The van der Waals surface area contributed by atoms with Crippen molar-refractivity contribution in [3.05, 3.63) is 60.2 Å². The number of rotatable bonds is 6. The van der Waals surface area contributed by atoms with Gasteiger partial charge in [0.2, 0.25) is 0 Å². The summed E-state index contributed by atoms with van der Waals surface area (Å²) in [7, 11) is 0.0318. The summed E-state index contributed by atoms with van der Waals surface area (Å²) in [6, 6.07) is 15.7. The highest BCUT2D eigenvalue weighted by atomic mass is 32.2. The Hall–Kier alpha value is -1.85. The first-order chi connectivity index (χ1) is 10.1. The van der Waals surface area contributed by atoms with Crippen molar-refractivity contribution in [2.75, 3.05) is 19.9 Å². The Morgan fingerprint density at radius 2 is 1.67 bits per heavy atom. The number of sulfone groups is 1. The zero-order valence-corrected chi connectivity index (χ0v) is 12.9. The van der Waals surface area contributed by atoms with Gasteiger partial charge in [-0.1, -0.05) is 30.3 Å². The molecule has 0 saturated heterocycles. The second kappa shape index (κ2) is 6.74. The van der Waals surface area contributed by atoms with E-state index in [-0.39, 0.29) is 11.8 Å². The Balaban J connectivity index is 2.22. The van der Waals surface area contributed by atoms with Crippen molar-refractivity contribution in [1.29, 1.82) is 0 Å². The zero-order valence-electron chi connectivity index (χ0n) is 12.1. The first-order valence-electron chi connectivity index (χ1n) is 6.66. The third-order valence-electron chi connectivity index (χ3n) is 3.36. The van der Waals surface area contributed by atoms with Gasteiger partial charge in [0, 0.05) is 6.04 Å². The lowest BCUT2D eigenvalue weighted by Gasteiger charge is -2.17. The van der Waals surface area contributed by atoms with Crippen LogP contribution in [0.4, 0.5) is 0 Å². The Kier molecular flexibility index (Phi) is 4.98. The maximum Gasteiger partial charge on any atom is 0.180 e. The fourth-order valence-corrected chi connectivity index (χ4v) is 3.69. The summed E-state index contributed by atoms with van der Waals surface area (Å²) in [6.45, 7) is 0. The minimum absolute atomic E-state index is 0.0137. The molecule has 0 radical (unpaired) electrons. The van der Waals surface area contributed by atoms with Crippen LogP contribution in [0.2, 0.25) is 0 Å². The van der Waals surface area contributed by atoms with E-state index in [9.17, 15) is 8.42 Å². The molecule has 0 aliphatic rings. The molecule has 2 aromatic carbocycles. The standard InChI is InChI=1S/C16H19NO3S/c1-17-16(13-8-10-14(20-2)11-9-13)12-21(18,19)15-6-4-3-5-7-15/h3-11,16-17H,12H2,1-2H3. The van der Waals surface area contributed by atoms with Crippen LogP contribution in [-0.4, -0.2) is 28.3 Å². The fourth-order valence-electron chi connectivity index (χ4n) is 2.13. The molecule has 0 bridgehead atoms. The smallest absolute Gasteiger partial charge is 0.180 e. The monoisotopic (exact) mass is 305 g/mol. The van der Waals surface area contributed by atoms with E-state index in [0.29, 0.717) is 4.90 Å². The first kappa shape index (κ1) is 15.5. The van der Waals surface area contributed by atoms with Gasteiger partial charge < -0.3 is 10.1 Å². The average Bonchev–Trinajstić information content (AvgIpc) is 2.53. The minimum atomic E-state index is -3.33. The van der Waals surface area contributed by atoms with Crippen LogP contribution in [0.25, 0.3) is 0 Å². The van der Waals surface area contributed by atoms with E-state index in [1.54, 1.807) is 44.5 Å². The van der Waals surface area contributed by atoms with Crippen molar-refractivity contribution in [1.82, 2.24) is 5.32 Å². The molecule has 5 heteroatoms.